The van der Waals surface area contributed by atoms with Crippen LogP contribution in [-0.4, -0.2) is 101 Å². The van der Waals surface area contributed by atoms with Gasteiger partial charge in [-0.05, 0) is 64.1 Å². The molecule has 0 radical (unpaired) electrons. The summed E-state index contributed by atoms with van der Waals surface area (Å²) in [4.78, 5) is 32.2. The number of nitrogens with two attached hydrogens (primary N) is 1. The number of nitrogen functional groups attached to an aromatic ring is 1. The summed E-state index contributed by atoms with van der Waals surface area (Å²) in [6, 6.07) is 0.662. The number of carbonyl (C=O) groups excluding carboxylic acids is 1. The van der Waals surface area contributed by atoms with Crippen molar-refractivity contribution in [3.05, 3.63) is 28.8 Å². The fourth-order valence-electron chi connectivity index (χ4n) is 8.36. The highest BCUT2D eigenvalue weighted by atomic mass is 19.4. The largest absolute Gasteiger partial charge is 0.472 e. The molecule has 1 aromatic carbocycles. The highest BCUT2D eigenvalue weighted by Gasteiger charge is 2.43. The van der Waals surface area contributed by atoms with E-state index in [4.69, 9.17) is 20.2 Å². The van der Waals surface area contributed by atoms with Crippen LogP contribution in [0.5, 0.6) is 11.9 Å². The predicted octanol–water partition coefficient (Wildman–Crippen LogP) is 4.93. The number of nitrogens with one attached hydrogen (secondary N) is 1. The van der Waals surface area contributed by atoms with E-state index in [-0.39, 0.29) is 65.4 Å². The van der Waals surface area contributed by atoms with Crippen LogP contribution in [0.25, 0.3) is 22.2 Å². The third-order valence-corrected chi connectivity index (χ3v) is 11.1. The molecule has 11 nitrogen and oxygen atoms in total. The quantitative estimate of drug-likeness (QED) is 0.268. The molecular formula is C35H43F5N8O3. The van der Waals surface area contributed by atoms with Gasteiger partial charge < -0.3 is 30.3 Å². The Bertz CT molecular complexity index is 1860. The first-order valence-electron chi connectivity index (χ1n) is 17.5. The number of anilines is 2. The van der Waals surface area contributed by atoms with Crippen LogP contribution in [0.15, 0.2) is 6.07 Å². The van der Waals surface area contributed by atoms with Gasteiger partial charge in [-0.3, -0.25) is 9.69 Å². The lowest BCUT2D eigenvalue weighted by Crippen LogP contribution is -2.60. The number of amides is 1. The molecular weight excluding hydrogens is 675 g/mol. The van der Waals surface area contributed by atoms with Gasteiger partial charge in [0.15, 0.2) is 5.82 Å². The van der Waals surface area contributed by atoms with Gasteiger partial charge in [0.05, 0.1) is 17.3 Å². The van der Waals surface area contributed by atoms with Crippen molar-refractivity contribution in [1.82, 2.24) is 30.1 Å². The zero-order chi connectivity index (χ0) is 36.5. The number of nitrogens with zero attached hydrogens (tertiary/aromatic N) is 6. The van der Waals surface area contributed by atoms with Gasteiger partial charge in [-0.1, -0.05) is 6.92 Å². The second-order valence-electron chi connectivity index (χ2n) is 14.4. The predicted molar refractivity (Wildman–Crippen MR) is 181 cm³/mol. The number of hydrogen-bond acceptors (Lipinski definition) is 10. The Balaban J connectivity index is 1.31. The number of carbonyl (C=O) groups is 1. The van der Waals surface area contributed by atoms with Gasteiger partial charge in [-0.15, -0.1) is 0 Å². The van der Waals surface area contributed by atoms with Gasteiger partial charge in [0, 0.05) is 56.8 Å². The van der Waals surface area contributed by atoms with E-state index in [1.165, 1.54) is 0 Å². The Labute approximate surface area is 292 Å². The number of piperazine rings is 1. The molecule has 0 unspecified atom stereocenters. The van der Waals surface area contributed by atoms with E-state index >= 15 is 4.39 Å². The molecule has 6 heterocycles. The average molecular weight is 719 g/mol. The molecule has 7 rings (SSSR count). The number of fused-ring (bicyclic) bond motifs is 3. The Morgan fingerprint density at radius 2 is 1.92 bits per heavy atom. The molecule has 276 valence electrons. The smallest absolute Gasteiger partial charge is 0.417 e. The van der Waals surface area contributed by atoms with E-state index in [1.54, 1.807) is 19.0 Å². The second-order valence-corrected chi connectivity index (χ2v) is 14.4. The maximum absolute atomic E-state index is 16.9. The maximum Gasteiger partial charge on any atom is 0.417 e. The molecule has 3 N–H and O–H groups in total. The fraction of sp³-hybridized carbons (Fsp3) is 0.600. The SMILES string of the molecule is CC[C@@H]1CN2c3nc(OC[C@@H]4CC[C@H]5C[C@H](C(=O)N(C)C)CCN45)nc4c(F)c(-c5cc(N)c(F)c(C)c5C(F)(F)F)nc(c34)O[C@@H](C)[C@@H]2CN1. The van der Waals surface area contributed by atoms with Crippen LogP contribution in [0.1, 0.15) is 57.1 Å². The molecule has 1 amide bonds. The first-order chi connectivity index (χ1) is 24.2. The van der Waals surface area contributed by atoms with Gasteiger partial charge in [0.2, 0.25) is 11.8 Å². The van der Waals surface area contributed by atoms with Crippen LogP contribution in [0.4, 0.5) is 33.5 Å². The summed E-state index contributed by atoms with van der Waals surface area (Å²) in [6.45, 7) is 6.74. The Morgan fingerprint density at radius 1 is 1.16 bits per heavy atom. The Kier molecular flexibility index (Phi) is 9.13. The molecule has 3 fully saturated rings. The molecule has 4 aliphatic rings. The second kappa shape index (κ2) is 13.2. The van der Waals surface area contributed by atoms with Gasteiger partial charge in [-0.2, -0.15) is 23.1 Å². The van der Waals surface area contributed by atoms with Crippen molar-refractivity contribution in [3.8, 4) is 23.1 Å². The molecule has 4 aliphatic heterocycles. The molecule has 0 bridgehead atoms. The van der Waals surface area contributed by atoms with Crippen molar-refractivity contribution < 1.29 is 36.2 Å². The standard InChI is InChI=1S/C35H43F5N8O3/c1-6-19-14-48-24(13-42-19)17(3)51-32-25-30(28(37)29(43-32)22-12-23(41)27(36)16(2)26(22)35(38,39)40)44-34(45-31(25)48)50-15-21-8-7-20-11-18(9-10-47(20)21)33(49)46(4)5/h12,17-21,24,42H,6-11,13-15,41H2,1-5H3/t17-,18+,19+,20-,21-,24-/m0/s1. The molecule has 51 heavy (non-hydrogen) atoms. The Morgan fingerprint density at radius 3 is 2.63 bits per heavy atom. The van der Waals surface area contributed by atoms with E-state index in [1.807, 2.05) is 18.7 Å². The lowest BCUT2D eigenvalue weighted by atomic mass is 9.90. The number of rotatable bonds is 6. The third-order valence-electron chi connectivity index (χ3n) is 11.1. The zero-order valence-electron chi connectivity index (χ0n) is 29.3. The lowest BCUT2D eigenvalue weighted by Gasteiger charge is -2.42. The van der Waals surface area contributed by atoms with Crippen molar-refractivity contribution in [2.45, 2.75) is 89.3 Å². The van der Waals surface area contributed by atoms with E-state index in [0.29, 0.717) is 18.9 Å². The van der Waals surface area contributed by atoms with Crippen molar-refractivity contribution in [2.24, 2.45) is 5.92 Å². The minimum atomic E-state index is -5.06. The number of pyridine rings is 1. The number of halogens is 5. The minimum absolute atomic E-state index is 0.0107. The van der Waals surface area contributed by atoms with Gasteiger partial charge in [-0.25, -0.2) is 13.8 Å². The van der Waals surface area contributed by atoms with Crippen LogP contribution in [0.3, 0.4) is 0 Å². The minimum Gasteiger partial charge on any atom is -0.472 e. The summed E-state index contributed by atoms with van der Waals surface area (Å²) in [5, 5.41) is 3.61. The summed E-state index contributed by atoms with van der Waals surface area (Å²) in [6.07, 6.45) is -1.56. The highest BCUT2D eigenvalue weighted by Crippen LogP contribution is 2.46. The summed E-state index contributed by atoms with van der Waals surface area (Å²) in [5.74, 6) is -2.12. The van der Waals surface area contributed by atoms with E-state index in [2.05, 4.69) is 20.2 Å². The number of alkyl halides is 3. The number of benzene rings is 1. The fourth-order valence-corrected chi connectivity index (χ4v) is 8.36. The number of piperidine rings is 1. The molecule has 2 aromatic heterocycles. The van der Waals surface area contributed by atoms with Crippen LogP contribution < -0.4 is 25.4 Å². The van der Waals surface area contributed by atoms with Crippen LogP contribution in [0.2, 0.25) is 0 Å². The van der Waals surface area contributed by atoms with Gasteiger partial charge >= 0.3 is 12.2 Å². The van der Waals surface area contributed by atoms with E-state index < -0.39 is 52.0 Å². The number of aromatic nitrogens is 3. The van der Waals surface area contributed by atoms with E-state index in [9.17, 15) is 22.4 Å². The molecule has 3 saturated heterocycles. The van der Waals surface area contributed by atoms with Gasteiger partial charge in [0.25, 0.3) is 0 Å². The zero-order valence-corrected chi connectivity index (χ0v) is 29.3. The van der Waals surface area contributed by atoms with Crippen molar-refractivity contribution in [3.63, 3.8) is 0 Å². The normalized spacial score (nSPS) is 26.4. The molecule has 6 atom stereocenters. The lowest BCUT2D eigenvalue weighted by molar-refractivity contribution is -0.137. The molecule has 0 aliphatic carbocycles. The average Bonchev–Trinajstić information content (AvgIpc) is 3.46. The summed E-state index contributed by atoms with van der Waals surface area (Å²) >= 11 is 0. The monoisotopic (exact) mass is 718 g/mol. The summed E-state index contributed by atoms with van der Waals surface area (Å²) < 4.78 is 87.5. The first kappa shape index (κ1) is 35.4. The molecule has 16 heteroatoms. The number of hydrogen-bond donors (Lipinski definition) is 2. The number of ether oxygens (including phenoxy) is 2. The Hall–Kier alpha value is -4.05. The molecule has 0 spiro atoms. The first-order valence-corrected chi connectivity index (χ1v) is 17.5. The van der Waals surface area contributed by atoms with Crippen LogP contribution in [-0.2, 0) is 11.0 Å². The summed E-state index contributed by atoms with van der Waals surface area (Å²) in [5.41, 5.74) is 1.28. The third kappa shape index (κ3) is 6.17. The van der Waals surface area contributed by atoms with Gasteiger partial charge in [0.1, 0.15) is 40.9 Å². The molecule has 0 saturated carbocycles. The highest BCUT2D eigenvalue weighted by molar-refractivity contribution is 5.97. The van der Waals surface area contributed by atoms with Crippen molar-refractivity contribution >= 4 is 28.3 Å². The molecule has 3 aromatic rings. The van der Waals surface area contributed by atoms with Crippen LogP contribution in [0, 0.1) is 24.5 Å². The maximum atomic E-state index is 16.9. The topological polar surface area (TPSA) is 122 Å². The van der Waals surface area contributed by atoms with E-state index in [0.717, 1.165) is 51.6 Å². The van der Waals surface area contributed by atoms with Crippen molar-refractivity contribution in [2.75, 3.05) is 51.0 Å². The summed E-state index contributed by atoms with van der Waals surface area (Å²) in [7, 11) is 3.54. The van der Waals surface area contributed by atoms with Crippen LogP contribution >= 0.6 is 0 Å². The van der Waals surface area contributed by atoms with Crippen molar-refractivity contribution in [1.29, 1.82) is 0 Å².